The smallest absolute Gasteiger partial charge is 0.0228 e. The predicted molar refractivity (Wildman–Crippen MR) is 59.9 cm³/mol. The van der Waals surface area contributed by atoms with Crippen molar-refractivity contribution < 1.29 is 0 Å². The number of aryl methyl sites for hydroxylation is 2. The summed E-state index contributed by atoms with van der Waals surface area (Å²) < 4.78 is 0. The molecule has 0 N–H and O–H groups in total. The molecule has 0 radical (unpaired) electrons. The largest absolute Gasteiger partial charge is 0.0955 e. The molecule has 0 heterocycles. The summed E-state index contributed by atoms with van der Waals surface area (Å²) in [4.78, 5) is 0. The lowest BCUT2D eigenvalue weighted by Gasteiger charge is -2.06. The van der Waals surface area contributed by atoms with Crippen LogP contribution in [0.1, 0.15) is 37.5 Å². The summed E-state index contributed by atoms with van der Waals surface area (Å²) in [5, 5.41) is 0. The molecule has 0 aromatic heterocycles. The molecule has 13 heavy (non-hydrogen) atoms. The zero-order chi connectivity index (χ0) is 9.84. The lowest BCUT2D eigenvalue weighted by Crippen LogP contribution is -1.89. The minimum atomic E-state index is 1.11. The molecule has 0 aliphatic rings. The molecule has 0 aliphatic heterocycles. The van der Waals surface area contributed by atoms with Gasteiger partial charge in [-0.3, -0.25) is 0 Å². The standard InChI is InChI=1S/C13H18/c1-5-11-7-12(6-2)9-13(8-11)10(3)4/h7-9H,3,5-6H2,1-2,4H3. The second-order valence-electron chi connectivity index (χ2n) is 3.53. The fraction of sp³-hybridized carbons (Fsp3) is 0.385. The predicted octanol–water partition coefficient (Wildman–Crippen LogP) is 3.84. The van der Waals surface area contributed by atoms with Crippen LogP contribution in [0.5, 0.6) is 0 Å². The normalized spacial score (nSPS) is 10.1. The summed E-state index contributed by atoms with van der Waals surface area (Å²) in [5.41, 5.74) is 5.27. The minimum absolute atomic E-state index is 1.11. The van der Waals surface area contributed by atoms with E-state index in [0.29, 0.717) is 0 Å². The molecule has 0 aliphatic carbocycles. The Hall–Kier alpha value is -1.04. The third-order valence-electron chi connectivity index (χ3n) is 2.36. The fourth-order valence-corrected chi connectivity index (χ4v) is 1.42. The molecule has 0 saturated carbocycles. The summed E-state index contributed by atoms with van der Waals surface area (Å²) in [6, 6.07) is 6.76. The maximum Gasteiger partial charge on any atom is -0.0228 e. The molecule has 0 nitrogen and oxygen atoms in total. The Morgan fingerprint density at radius 1 is 1.08 bits per heavy atom. The highest BCUT2D eigenvalue weighted by molar-refractivity contribution is 5.62. The van der Waals surface area contributed by atoms with Gasteiger partial charge >= 0.3 is 0 Å². The van der Waals surface area contributed by atoms with Gasteiger partial charge in [-0.2, -0.15) is 0 Å². The van der Waals surface area contributed by atoms with Gasteiger partial charge < -0.3 is 0 Å². The van der Waals surface area contributed by atoms with Gasteiger partial charge in [0.1, 0.15) is 0 Å². The van der Waals surface area contributed by atoms with Crippen molar-refractivity contribution >= 4 is 5.57 Å². The Labute approximate surface area is 81.3 Å². The second-order valence-corrected chi connectivity index (χ2v) is 3.53. The average molecular weight is 174 g/mol. The van der Waals surface area contributed by atoms with Crippen molar-refractivity contribution in [1.82, 2.24) is 0 Å². The van der Waals surface area contributed by atoms with E-state index in [1.54, 1.807) is 0 Å². The van der Waals surface area contributed by atoms with E-state index in [0.717, 1.165) is 18.4 Å². The highest BCUT2D eigenvalue weighted by atomic mass is 14.0. The van der Waals surface area contributed by atoms with Crippen molar-refractivity contribution in [2.24, 2.45) is 0 Å². The first-order valence-electron chi connectivity index (χ1n) is 4.96. The van der Waals surface area contributed by atoms with Gasteiger partial charge in [-0.15, -0.1) is 0 Å². The van der Waals surface area contributed by atoms with E-state index in [4.69, 9.17) is 0 Å². The van der Waals surface area contributed by atoms with Crippen molar-refractivity contribution in [2.45, 2.75) is 33.6 Å². The molecule has 0 heteroatoms. The summed E-state index contributed by atoms with van der Waals surface area (Å²) in [7, 11) is 0. The number of hydrogen-bond donors (Lipinski definition) is 0. The highest BCUT2D eigenvalue weighted by Gasteiger charge is 1.98. The van der Waals surface area contributed by atoms with Gasteiger partial charge in [0, 0.05) is 0 Å². The van der Waals surface area contributed by atoms with Crippen LogP contribution in [0, 0.1) is 0 Å². The third kappa shape index (κ3) is 2.45. The zero-order valence-electron chi connectivity index (χ0n) is 8.85. The molecular weight excluding hydrogens is 156 g/mol. The van der Waals surface area contributed by atoms with Crippen molar-refractivity contribution in [3.8, 4) is 0 Å². The first kappa shape index (κ1) is 10.0. The lowest BCUT2D eigenvalue weighted by atomic mass is 9.99. The molecule has 0 fully saturated rings. The summed E-state index contributed by atoms with van der Waals surface area (Å²) in [5.74, 6) is 0. The Morgan fingerprint density at radius 3 is 1.85 bits per heavy atom. The Bertz CT molecular complexity index is 286. The molecule has 1 rings (SSSR count). The first-order chi connectivity index (χ1) is 6.17. The summed E-state index contributed by atoms with van der Waals surface area (Å²) >= 11 is 0. The van der Waals surface area contributed by atoms with Crippen molar-refractivity contribution in [2.75, 3.05) is 0 Å². The SMILES string of the molecule is C=C(C)c1cc(CC)cc(CC)c1. The second kappa shape index (κ2) is 4.27. The summed E-state index contributed by atoms with van der Waals surface area (Å²) in [6.07, 6.45) is 2.21. The van der Waals surface area contributed by atoms with Crippen molar-refractivity contribution in [1.29, 1.82) is 0 Å². The van der Waals surface area contributed by atoms with Crippen molar-refractivity contribution in [3.05, 3.63) is 41.5 Å². The zero-order valence-corrected chi connectivity index (χ0v) is 8.85. The Balaban J connectivity index is 3.14. The van der Waals surface area contributed by atoms with Crippen LogP contribution < -0.4 is 0 Å². The van der Waals surface area contributed by atoms with Gasteiger partial charge in [0.15, 0.2) is 0 Å². The van der Waals surface area contributed by atoms with Gasteiger partial charge in [0.05, 0.1) is 0 Å². The molecule has 0 atom stereocenters. The van der Waals surface area contributed by atoms with E-state index < -0.39 is 0 Å². The molecule has 1 aromatic carbocycles. The highest BCUT2D eigenvalue weighted by Crippen LogP contribution is 2.17. The average Bonchev–Trinajstić information content (AvgIpc) is 2.16. The first-order valence-corrected chi connectivity index (χ1v) is 4.96. The quantitative estimate of drug-likeness (QED) is 0.653. The number of allylic oxidation sites excluding steroid dienone is 1. The van der Waals surface area contributed by atoms with Gasteiger partial charge in [-0.25, -0.2) is 0 Å². The van der Waals surface area contributed by atoms with Gasteiger partial charge in [0.25, 0.3) is 0 Å². The Morgan fingerprint density at radius 2 is 1.54 bits per heavy atom. The van der Waals surface area contributed by atoms with Crippen LogP contribution in [-0.2, 0) is 12.8 Å². The van der Waals surface area contributed by atoms with Crippen LogP contribution >= 0.6 is 0 Å². The van der Waals surface area contributed by atoms with E-state index in [-0.39, 0.29) is 0 Å². The number of hydrogen-bond acceptors (Lipinski definition) is 0. The fourth-order valence-electron chi connectivity index (χ4n) is 1.42. The summed E-state index contributed by atoms with van der Waals surface area (Å²) in [6.45, 7) is 10.4. The van der Waals surface area contributed by atoms with Crippen LogP contribution in [0.2, 0.25) is 0 Å². The maximum absolute atomic E-state index is 3.98. The molecule has 0 bridgehead atoms. The van der Waals surface area contributed by atoms with E-state index in [9.17, 15) is 0 Å². The minimum Gasteiger partial charge on any atom is -0.0955 e. The molecule has 0 unspecified atom stereocenters. The van der Waals surface area contributed by atoms with Gasteiger partial charge in [0.2, 0.25) is 0 Å². The van der Waals surface area contributed by atoms with E-state index in [2.05, 4.69) is 45.5 Å². The van der Waals surface area contributed by atoms with E-state index in [1.165, 1.54) is 16.7 Å². The van der Waals surface area contributed by atoms with Crippen molar-refractivity contribution in [3.63, 3.8) is 0 Å². The maximum atomic E-state index is 3.98. The molecule has 0 amide bonds. The monoisotopic (exact) mass is 174 g/mol. The third-order valence-corrected chi connectivity index (χ3v) is 2.36. The molecule has 0 spiro atoms. The van der Waals surface area contributed by atoms with Crippen LogP contribution in [0.25, 0.3) is 5.57 Å². The molecule has 1 aromatic rings. The van der Waals surface area contributed by atoms with Gasteiger partial charge in [-0.05, 0) is 36.5 Å². The van der Waals surface area contributed by atoms with E-state index in [1.807, 2.05) is 0 Å². The Kier molecular flexibility index (Phi) is 3.30. The lowest BCUT2D eigenvalue weighted by molar-refractivity contribution is 1.08. The van der Waals surface area contributed by atoms with E-state index >= 15 is 0 Å². The number of rotatable bonds is 3. The molecular formula is C13H18. The number of benzene rings is 1. The van der Waals surface area contributed by atoms with Crippen LogP contribution in [0.15, 0.2) is 24.8 Å². The molecule has 70 valence electrons. The van der Waals surface area contributed by atoms with Gasteiger partial charge in [-0.1, -0.05) is 44.2 Å². The molecule has 0 saturated heterocycles. The van der Waals surface area contributed by atoms with Crippen LogP contribution in [0.4, 0.5) is 0 Å². The van der Waals surface area contributed by atoms with Crippen LogP contribution in [-0.4, -0.2) is 0 Å². The van der Waals surface area contributed by atoms with Crippen LogP contribution in [0.3, 0.4) is 0 Å². The topological polar surface area (TPSA) is 0 Å².